The van der Waals surface area contributed by atoms with Crippen molar-refractivity contribution in [2.24, 2.45) is 0 Å². The molecule has 1 aromatic rings. The molecule has 0 saturated carbocycles. The average Bonchev–Trinajstić information content (AvgIpc) is 2.14. The standard InChI is InChI=1S/C9H7ClF3NO/c10-7-4-2-1-3-6(7)5-14-8(15)9(11,12)13/h1-4H,5H2,(H,14,15). The van der Waals surface area contributed by atoms with Crippen molar-refractivity contribution >= 4 is 17.5 Å². The largest absolute Gasteiger partial charge is 0.471 e. The second-order valence-electron chi connectivity index (χ2n) is 2.77. The SMILES string of the molecule is O=C(NCc1ccccc1Cl)C(F)(F)F. The molecule has 0 spiro atoms. The molecule has 0 aromatic heterocycles. The number of benzene rings is 1. The summed E-state index contributed by atoms with van der Waals surface area (Å²) in [5.74, 6) is -1.97. The molecule has 6 heteroatoms. The second kappa shape index (κ2) is 4.53. The number of rotatable bonds is 2. The van der Waals surface area contributed by atoms with Crippen molar-refractivity contribution in [1.29, 1.82) is 0 Å². The minimum atomic E-state index is -4.86. The molecule has 0 radical (unpaired) electrons. The lowest BCUT2D eigenvalue weighted by molar-refractivity contribution is -0.173. The summed E-state index contributed by atoms with van der Waals surface area (Å²) in [6.07, 6.45) is -4.86. The summed E-state index contributed by atoms with van der Waals surface area (Å²) in [6, 6.07) is 6.36. The van der Waals surface area contributed by atoms with Crippen LogP contribution in [-0.2, 0) is 11.3 Å². The van der Waals surface area contributed by atoms with Gasteiger partial charge < -0.3 is 5.32 Å². The van der Waals surface area contributed by atoms with Crippen molar-refractivity contribution in [3.05, 3.63) is 34.9 Å². The fourth-order valence-corrected chi connectivity index (χ4v) is 1.12. The van der Waals surface area contributed by atoms with Gasteiger partial charge in [0, 0.05) is 11.6 Å². The third-order valence-electron chi connectivity index (χ3n) is 1.65. The van der Waals surface area contributed by atoms with Crippen LogP contribution in [0.5, 0.6) is 0 Å². The van der Waals surface area contributed by atoms with E-state index in [1.807, 2.05) is 0 Å². The number of carbonyl (C=O) groups excluding carboxylic acids is 1. The Bertz CT molecular complexity index is 365. The van der Waals surface area contributed by atoms with Crippen molar-refractivity contribution in [3.8, 4) is 0 Å². The zero-order valence-corrected chi connectivity index (χ0v) is 8.19. The van der Waals surface area contributed by atoms with E-state index in [2.05, 4.69) is 0 Å². The molecule has 1 rings (SSSR count). The van der Waals surface area contributed by atoms with E-state index in [9.17, 15) is 18.0 Å². The van der Waals surface area contributed by atoms with Crippen molar-refractivity contribution in [1.82, 2.24) is 5.32 Å². The third kappa shape index (κ3) is 3.43. The first-order chi connectivity index (χ1) is 6.91. The maximum atomic E-state index is 11.8. The Hall–Kier alpha value is -1.23. The van der Waals surface area contributed by atoms with Gasteiger partial charge in [-0.3, -0.25) is 4.79 Å². The van der Waals surface area contributed by atoms with Crippen molar-refractivity contribution in [3.63, 3.8) is 0 Å². The van der Waals surface area contributed by atoms with E-state index < -0.39 is 12.1 Å². The lowest BCUT2D eigenvalue weighted by Gasteiger charge is -2.08. The van der Waals surface area contributed by atoms with Crippen LogP contribution in [-0.4, -0.2) is 12.1 Å². The van der Waals surface area contributed by atoms with Crippen LogP contribution in [0.3, 0.4) is 0 Å². The lowest BCUT2D eigenvalue weighted by atomic mass is 10.2. The van der Waals surface area contributed by atoms with Crippen LogP contribution < -0.4 is 5.32 Å². The first-order valence-corrected chi connectivity index (χ1v) is 4.37. The van der Waals surface area contributed by atoms with Gasteiger partial charge in [0.15, 0.2) is 0 Å². The minimum Gasteiger partial charge on any atom is -0.344 e. The maximum Gasteiger partial charge on any atom is 0.471 e. The van der Waals surface area contributed by atoms with Crippen LogP contribution >= 0.6 is 11.6 Å². The van der Waals surface area contributed by atoms with Crippen LogP contribution in [0.15, 0.2) is 24.3 Å². The molecule has 0 fully saturated rings. The van der Waals surface area contributed by atoms with Gasteiger partial charge in [0.1, 0.15) is 0 Å². The molecule has 82 valence electrons. The monoisotopic (exact) mass is 237 g/mol. The van der Waals surface area contributed by atoms with Gasteiger partial charge in [0.2, 0.25) is 0 Å². The Kier molecular flexibility index (Phi) is 3.57. The van der Waals surface area contributed by atoms with E-state index in [1.165, 1.54) is 6.07 Å². The zero-order valence-electron chi connectivity index (χ0n) is 7.44. The highest BCUT2D eigenvalue weighted by molar-refractivity contribution is 6.31. The smallest absolute Gasteiger partial charge is 0.344 e. The highest BCUT2D eigenvalue weighted by Crippen LogP contribution is 2.17. The molecule has 15 heavy (non-hydrogen) atoms. The Balaban J connectivity index is 2.59. The minimum absolute atomic E-state index is 0.238. The molecular weight excluding hydrogens is 231 g/mol. The van der Waals surface area contributed by atoms with Gasteiger partial charge >= 0.3 is 12.1 Å². The maximum absolute atomic E-state index is 11.8. The first-order valence-electron chi connectivity index (χ1n) is 3.99. The molecule has 0 unspecified atom stereocenters. The topological polar surface area (TPSA) is 29.1 Å². The van der Waals surface area contributed by atoms with Crippen molar-refractivity contribution < 1.29 is 18.0 Å². The molecule has 1 amide bonds. The molecular formula is C9H7ClF3NO. The summed E-state index contributed by atoms with van der Waals surface area (Å²) in [6.45, 7) is -0.238. The molecule has 0 heterocycles. The van der Waals surface area contributed by atoms with Crippen LogP contribution in [0.4, 0.5) is 13.2 Å². The summed E-state index contributed by atoms with van der Waals surface area (Å²) in [5.41, 5.74) is 0.441. The van der Waals surface area contributed by atoms with Gasteiger partial charge in [0.25, 0.3) is 0 Å². The molecule has 0 aliphatic carbocycles. The molecule has 0 atom stereocenters. The third-order valence-corrected chi connectivity index (χ3v) is 2.02. The van der Waals surface area contributed by atoms with Crippen molar-refractivity contribution in [2.45, 2.75) is 12.7 Å². The van der Waals surface area contributed by atoms with E-state index in [0.717, 1.165) is 0 Å². The van der Waals surface area contributed by atoms with E-state index >= 15 is 0 Å². The van der Waals surface area contributed by atoms with Gasteiger partial charge in [0.05, 0.1) is 0 Å². The zero-order chi connectivity index (χ0) is 11.5. The highest BCUT2D eigenvalue weighted by atomic mass is 35.5. The fourth-order valence-electron chi connectivity index (χ4n) is 0.917. The highest BCUT2D eigenvalue weighted by Gasteiger charge is 2.38. The van der Waals surface area contributed by atoms with Gasteiger partial charge in [-0.15, -0.1) is 0 Å². The number of carbonyl (C=O) groups is 1. The van der Waals surface area contributed by atoms with E-state index in [1.54, 1.807) is 23.5 Å². The van der Waals surface area contributed by atoms with E-state index in [0.29, 0.717) is 10.6 Å². The normalized spacial score (nSPS) is 11.2. The Labute approximate surface area is 89.0 Å². The molecule has 0 bridgehead atoms. The first kappa shape index (κ1) is 11.8. The Morgan fingerprint density at radius 1 is 1.33 bits per heavy atom. The van der Waals surface area contributed by atoms with Crippen LogP contribution in [0.2, 0.25) is 5.02 Å². The number of hydrogen-bond acceptors (Lipinski definition) is 1. The summed E-state index contributed by atoms with van der Waals surface area (Å²) in [5, 5.41) is 2.05. The lowest BCUT2D eigenvalue weighted by Crippen LogP contribution is -2.36. The van der Waals surface area contributed by atoms with E-state index in [-0.39, 0.29) is 6.54 Å². The predicted molar refractivity (Wildman–Crippen MR) is 49.4 cm³/mol. The fraction of sp³-hybridized carbons (Fsp3) is 0.222. The van der Waals surface area contributed by atoms with Crippen LogP contribution in [0, 0.1) is 0 Å². The summed E-state index contributed by atoms with van der Waals surface area (Å²) in [7, 11) is 0. The molecule has 0 aliphatic rings. The number of halogens is 4. The molecule has 1 N–H and O–H groups in total. The van der Waals surface area contributed by atoms with Crippen LogP contribution in [0.1, 0.15) is 5.56 Å². The number of amides is 1. The molecule has 0 saturated heterocycles. The van der Waals surface area contributed by atoms with Gasteiger partial charge in [-0.2, -0.15) is 13.2 Å². The summed E-state index contributed by atoms with van der Waals surface area (Å²) in [4.78, 5) is 10.5. The number of nitrogens with one attached hydrogen (secondary N) is 1. The number of hydrogen-bond donors (Lipinski definition) is 1. The number of alkyl halides is 3. The molecule has 1 aromatic carbocycles. The summed E-state index contributed by atoms with van der Waals surface area (Å²) < 4.78 is 35.4. The second-order valence-corrected chi connectivity index (χ2v) is 3.18. The van der Waals surface area contributed by atoms with Gasteiger partial charge in [-0.1, -0.05) is 29.8 Å². The predicted octanol–water partition coefficient (Wildman–Crippen LogP) is 2.52. The quantitative estimate of drug-likeness (QED) is 0.841. The van der Waals surface area contributed by atoms with Crippen LogP contribution in [0.25, 0.3) is 0 Å². The average molecular weight is 238 g/mol. The molecule has 2 nitrogen and oxygen atoms in total. The summed E-state index contributed by atoms with van der Waals surface area (Å²) >= 11 is 5.69. The van der Waals surface area contributed by atoms with Gasteiger partial charge in [-0.25, -0.2) is 0 Å². The van der Waals surface area contributed by atoms with Gasteiger partial charge in [-0.05, 0) is 11.6 Å². The van der Waals surface area contributed by atoms with Crippen molar-refractivity contribution in [2.75, 3.05) is 0 Å². The Morgan fingerprint density at radius 2 is 1.93 bits per heavy atom. The Morgan fingerprint density at radius 3 is 2.47 bits per heavy atom. The van der Waals surface area contributed by atoms with E-state index in [4.69, 9.17) is 11.6 Å². The molecule has 0 aliphatic heterocycles.